The van der Waals surface area contributed by atoms with Gasteiger partial charge in [-0.05, 0) is 48.2 Å². The van der Waals surface area contributed by atoms with Gasteiger partial charge in [0.05, 0.1) is 14.2 Å². The summed E-state index contributed by atoms with van der Waals surface area (Å²) in [5, 5.41) is 18.1. The van der Waals surface area contributed by atoms with Gasteiger partial charge < -0.3 is 19.7 Å². The van der Waals surface area contributed by atoms with E-state index in [1.807, 2.05) is 18.2 Å². The fourth-order valence-corrected chi connectivity index (χ4v) is 2.39. The van der Waals surface area contributed by atoms with Crippen LogP contribution in [0.25, 0.3) is 0 Å². The first-order valence-electron chi connectivity index (χ1n) is 8.26. The Morgan fingerprint density at radius 2 is 1.08 bits per heavy atom. The molecule has 0 aromatic heterocycles. The summed E-state index contributed by atoms with van der Waals surface area (Å²) in [6.45, 7) is 4.22. The summed E-state index contributed by atoms with van der Waals surface area (Å²) in [6, 6.07) is 10.7. The van der Waals surface area contributed by atoms with Crippen LogP contribution in [-0.4, -0.2) is 24.4 Å². The van der Waals surface area contributed by atoms with E-state index in [1.54, 1.807) is 26.4 Å². The maximum absolute atomic E-state index is 9.06. The van der Waals surface area contributed by atoms with Crippen LogP contribution < -0.4 is 9.47 Å². The standard InChI is InChI=1S/C11H16O2.C9H12O2/c1-4-5-9-6-10(12-2)8-11(7-9)13-3;1-2-3-7-4-8(10)6-9(11)5-7/h6-8H,4-5H2,1-3H3;4-6,10-11H,2-3H2,1H3. The Hall–Kier alpha value is -2.36. The molecule has 2 aromatic carbocycles. The van der Waals surface area contributed by atoms with Crippen LogP contribution in [0, 0.1) is 0 Å². The SMILES string of the molecule is CCCc1cc(O)cc(O)c1.CCCc1cc(OC)cc(OC)c1. The normalized spacial score (nSPS) is 9.83. The summed E-state index contributed by atoms with van der Waals surface area (Å²) < 4.78 is 10.3. The van der Waals surface area contributed by atoms with Gasteiger partial charge in [-0.2, -0.15) is 0 Å². The molecule has 4 nitrogen and oxygen atoms in total. The van der Waals surface area contributed by atoms with Crippen molar-refractivity contribution in [2.75, 3.05) is 14.2 Å². The van der Waals surface area contributed by atoms with E-state index in [0.717, 1.165) is 42.7 Å². The van der Waals surface area contributed by atoms with Crippen LogP contribution >= 0.6 is 0 Å². The highest BCUT2D eigenvalue weighted by atomic mass is 16.5. The predicted octanol–water partition coefficient (Wildman–Crippen LogP) is 4.71. The van der Waals surface area contributed by atoms with E-state index in [9.17, 15) is 0 Å². The number of benzene rings is 2. The lowest BCUT2D eigenvalue weighted by molar-refractivity contribution is 0.393. The van der Waals surface area contributed by atoms with Crippen molar-refractivity contribution in [3.05, 3.63) is 47.5 Å². The predicted molar refractivity (Wildman–Crippen MR) is 97.3 cm³/mol. The number of rotatable bonds is 6. The maximum atomic E-state index is 9.06. The number of hydrogen-bond acceptors (Lipinski definition) is 4. The number of aryl methyl sites for hydroxylation is 2. The zero-order valence-corrected chi connectivity index (χ0v) is 15.0. The molecule has 0 heterocycles. The van der Waals surface area contributed by atoms with Gasteiger partial charge in [0, 0.05) is 12.1 Å². The highest BCUT2D eigenvalue weighted by molar-refractivity contribution is 5.38. The number of phenols is 2. The third kappa shape index (κ3) is 6.82. The second kappa shape index (κ2) is 10.4. The molecule has 0 aliphatic rings. The molecule has 2 rings (SSSR count). The molecule has 0 aliphatic heterocycles. The Labute approximate surface area is 144 Å². The first-order chi connectivity index (χ1) is 11.5. The van der Waals surface area contributed by atoms with Gasteiger partial charge in [-0.15, -0.1) is 0 Å². The topological polar surface area (TPSA) is 58.9 Å². The van der Waals surface area contributed by atoms with Gasteiger partial charge >= 0.3 is 0 Å². The summed E-state index contributed by atoms with van der Waals surface area (Å²) in [6.07, 6.45) is 4.11. The van der Waals surface area contributed by atoms with E-state index in [1.165, 1.54) is 11.6 Å². The van der Waals surface area contributed by atoms with Crippen molar-refractivity contribution in [3.63, 3.8) is 0 Å². The average molecular weight is 332 g/mol. The molecular weight excluding hydrogens is 304 g/mol. The third-order valence-corrected chi connectivity index (χ3v) is 3.45. The molecule has 0 aliphatic carbocycles. The summed E-state index contributed by atoms with van der Waals surface area (Å²) in [5.41, 5.74) is 2.24. The Bertz CT molecular complexity index is 581. The number of hydrogen-bond donors (Lipinski definition) is 2. The van der Waals surface area contributed by atoms with Gasteiger partial charge in [0.1, 0.15) is 23.0 Å². The number of aromatic hydroxyl groups is 2. The van der Waals surface area contributed by atoms with Gasteiger partial charge in [-0.25, -0.2) is 0 Å². The van der Waals surface area contributed by atoms with Crippen LogP contribution in [0.5, 0.6) is 23.0 Å². The minimum atomic E-state index is 0.133. The number of methoxy groups -OCH3 is 2. The molecule has 24 heavy (non-hydrogen) atoms. The van der Waals surface area contributed by atoms with Gasteiger partial charge in [0.2, 0.25) is 0 Å². The van der Waals surface area contributed by atoms with Gasteiger partial charge in [-0.1, -0.05) is 26.7 Å². The van der Waals surface area contributed by atoms with Crippen molar-refractivity contribution < 1.29 is 19.7 Å². The quantitative estimate of drug-likeness (QED) is 0.804. The van der Waals surface area contributed by atoms with Crippen molar-refractivity contribution in [2.24, 2.45) is 0 Å². The monoisotopic (exact) mass is 332 g/mol. The molecule has 0 amide bonds. The summed E-state index contributed by atoms with van der Waals surface area (Å²) >= 11 is 0. The van der Waals surface area contributed by atoms with Crippen molar-refractivity contribution in [1.29, 1.82) is 0 Å². The van der Waals surface area contributed by atoms with Crippen molar-refractivity contribution >= 4 is 0 Å². The minimum absolute atomic E-state index is 0.133. The van der Waals surface area contributed by atoms with E-state index in [4.69, 9.17) is 19.7 Å². The Kier molecular flexibility index (Phi) is 8.55. The van der Waals surface area contributed by atoms with Crippen LogP contribution in [-0.2, 0) is 12.8 Å². The van der Waals surface area contributed by atoms with E-state index < -0.39 is 0 Å². The van der Waals surface area contributed by atoms with Crippen LogP contribution in [0.2, 0.25) is 0 Å². The zero-order chi connectivity index (χ0) is 17.9. The molecule has 4 heteroatoms. The Morgan fingerprint density at radius 1 is 0.667 bits per heavy atom. The third-order valence-electron chi connectivity index (χ3n) is 3.45. The molecule has 132 valence electrons. The van der Waals surface area contributed by atoms with Crippen LogP contribution in [0.15, 0.2) is 36.4 Å². The van der Waals surface area contributed by atoms with Crippen molar-refractivity contribution in [3.8, 4) is 23.0 Å². The molecule has 0 atom stereocenters. The summed E-state index contributed by atoms with van der Waals surface area (Å²) in [4.78, 5) is 0. The summed E-state index contributed by atoms with van der Waals surface area (Å²) in [7, 11) is 3.34. The first kappa shape index (κ1) is 19.7. The first-order valence-corrected chi connectivity index (χ1v) is 8.26. The number of ether oxygens (including phenoxy) is 2. The molecule has 0 saturated heterocycles. The molecule has 0 radical (unpaired) electrons. The van der Waals surface area contributed by atoms with Gasteiger partial charge in [0.15, 0.2) is 0 Å². The lowest BCUT2D eigenvalue weighted by Gasteiger charge is -2.07. The maximum Gasteiger partial charge on any atom is 0.122 e. The second-order valence-electron chi connectivity index (χ2n) is 5.58. The number of phenolic OH excluding ortho intramolecular Hbond substituents is 2. The molecular formula is C20H28O4. The van der Waals surface area contributed by atoms with E-state index >= 15 is 0 Å². The van der Waals surface area contributed by atoms with E-state index in [-0.39, 0.29) is 11.5 Å². The largest absolute Gasteiger partial charge is 0.508 e. The van der Waals surface area contributed by atoms with Crippen molar-refractivity contribution in [1.82, 2.24) is 0 Å². The minimum Gasteiger partial charge on any atom is -0.508 e. The summed E-state index contributed by atoms with van der Waals surface area (Å²) in [5.74, 6) is 1.99. The molecule has 0 saturated carbocycles. The van der Waals surface area contributed by atoms with E-state index in [2.05, 4.69) is 13.8 Å². The highest BCUT2D eigenvalue weighted by Gasteiger charge is 2.00. The average Bonchev–Trinajstić information content (AvgIpc) is 2.54. The lowest BCUT2D eigenvalue weighted by Crippen LogP contribution is -1.90. The van der Waals surface area contributed by atoms with Crippen LogP contribution in [0.4, 0.5) is 0 Å². The fourth-order valence-electron chi connectivity index (χ4n) is 2.39. The molecule has 0 bridgehead atoms. The zero-order valence-electron chi connectivity index (χ0n) is 15.0. The molecule has 0 fully saturated rings. The smallest absolute Gasteiger partial charge is 0.122 e. The Morgan fingerprint density at radius 3 is 1.46 bits per heavy atom. The fraction of sp³-hybridized carbons (Fsp3) is 0.400. The molecule has 0 unspecified atom stereocenters. The van der Waals surface area contributed by atoms with Crippen molar-refractivity contribution in [2.45, 2.75) is 39.5 Å². The highest BCUT2D eigenvalue weighted by Crippen LogP contribution is 2.23. The molecule has 2 N–H and O–H groups in total. The Balaban J connectivity index is 0.000000243. The van der Waals surface area contributed by atoms with Crippen LogP contribution in [0.1, 0.15) is 37.8 Å². The lowest BCUT2D eigenvalue weighted by atomic mass is 10.1. The van der Waals surface area contributed by atoms with Gasteiger partial charge in [0.25, 0.3) is 0 Å². The van der Waals surface area contributed by atoms with Gasteiger partial charge in [-0.3, -0.25) is 0 Å². The van der Waals surface area contributed by atoms with E-state index in [0.29, 0.717) is 0 Å². The molecule has 0 spiro atoms. The second-order valence-corrected chi connectivity index (χ2v) is 5.58. The van der Waals surface area contributed by atoms with Crippen LogP contribution in [0.3, 0.4) is 0 Å². The molecule has 2 aromatic rings.